The molecule has 2 unspecified atom stereocenters. The Bertz CT molecular complexity index is 575. The van der Waals surface area contributed by atoms with Gasteiger partial charge in [-0.15, -0.1) is 0 Å². The van der Waals surface area contributed by atoms with E-state index >= 15 is 0 Å². The molecule has 0 aliphatic carbocycles. The van der Waals surface area contributed by atoms with Crippen LogP contribution in [0.5, 0.6) is 0 Å². The van der Waals surface area contributed by atoms with E-state index < -0.39 is 0 Å². The number of nitrogens with one attached hydrogen (secondary N) is 1. The predicted octanol–water partition coefficient (Wildman–Crippen LogP) is 1.55. The van der Waals surface area contributed by atoms with Gasteiger partial charge in [-0.2, -0.15) is 15.0 Å². The van der Waals surface area contributed by atoms with Crippen LogP contribution in [-0.4, -0.2) is 43.8 Å². The van der Waals surface area contributed by atoms with Crippen molar-refractivity contribution in [1.29, 1.82) is 0 Å². The summed E-state index contributed by atoms with van der Waals surface area (Å²) in [6, 6.07) is 0. The third kappa shape index (κ3) is 2.88. The molecule has 1 fully saturated rings. The summed E-state index contributed by atoms with van der Waals surface area (Å²) < 4.78 is 7.21. The van der Waals surface area contributed by atoms with Crippen LogP contribution in [0.25, 0.3) is 5.95 Å². The van der Waals surface area contributed by atoms with E-state index in [2.05, 4.69) is 32.2 Å². The van der Waals surface area contributed by atoms with Gasteiger partial charge in [0, 0.05) is 31.5 Å². The zero-order valence-electron chi connectivity index (χ0n) is 11.0. The summed E-state index contributed by atoms with van der Waals surface area (Å²) in [7, 11) is 0. The first kappa shape index (κ1) is 13.3. The molecule has 0 bridgehead atoms. The van der Waals surface area contributed by atoms with Gasteiger partial charge in [-0.1, -0.05) is 0 Å². The summed E-state index contributed by atoms with van der Waals surface area (Å²) in [5, 5.41) is 3.35. The van der Waals surface area contributed by atoms with Crippen molar-refractivity contribution in [3.8, 4) is 5.95 Å². The fourth-order valence-electron chi connectivity index (χ4n) is 2.18. The van der Waals surface area contributed by atoms with Crippen molar-refractivity contribution in [1.82, 2.24) is 24.5 Å². The Balaban J connectivity index is 1.73. The molecule has 0 spiro atoms. The minimum Gasteiger partial charge on any atom is -0.378 e. The van der Waals surface area contributed by atoms with Crippen LogP contribution >= 0.6 is 11.6 Å². The second-order valence-corrected chi connectivity index (χ2v) is 5.04. The number of nitrogens with zero attached hydrogens (tertiary/aromatic N) is 5. The molecule has 0 aromatic carbocycles. The molecule has 3 heterocycles. The van der Waals surface area contributed by atoms with Crippen LogP contribution in [0.15, 0.2) is 18.7 Å². The zero-order valence-corrected chi connectivity index (χ0v) is 11.8. The lowest BCUT2D eigenvalue weighted by Crippen LogP contribution is -2.22. The van der Waals surface area contributed by atoms with Gasteiger partial charge in [-0.25, -0.2) is 4.98 Å². The third-order valence-electron chi connectivity index (χ3n) is 3.39. The first-order chi connectivity index (χ1) is 9.72. The summed E-state index contributed by atoms with van der Waals surface area (Å²) in [5.41, 5.74) is 0. The highest BCUT2D eigenvalue weighted by Crippen LogP contribution is 2.20. The van der Waals surface area contributed by atoms with Crippen LogP contribution in [0.1, 0.15) is 13.3 Å². The van der Waals surface area contributed by atoms with Crippen LogP contribution in [0.2, 0.25) is 5.28 Å². The number of aromatic nitrogens is 5. The maximum Gasteiger partial charge on any atom is 0.241 e. The van der Waals surface area contributed by atoms with Crippen molar-refractivity contribution in [2.75, 3.05) is 18.5 Å². The zero-order chi connectivity index (χ0) is 13.9. The molecular weight excluding hydrogens is 280 g/mol. The molecule has 2 aromatic rings. The number of hydrogen-bond donors (Lipinski definition) is 1. The predicted molar refractivity (Wildman–Crippen MR) is 74.0 cm³/mol. The summed E-state index contributed by atoms with van der Waals surface area (Å²) >= 11 is 5.93. The van der Waals surface area contributed by atoms with Crippen molar-refractivity contribution in [2.24, 2.45) is 5.92 Å². The van der Waals surface area contributed by atoms with Crippen molar-refractivity contribution in [2.45, 2.75) is 19.4 Å². The van der Waals surface area contributed by atoms with Gasteiger partial charge in [0.05, 0.1) is 6.10 Å². The second-order valence-electron chi connectivity index (χ2n) is 4.70. The highest BCUT2D eigenvalue weighted by molar-refractivity contribution is 6.28. The summed E-state index contributed by atoms with van der Waals surface area (Å²) in [5.74, 6) is 1.37. The van der Waals surface area contributed by atoms with E-state index in [1.807, 2.05) is 0 Å². The Labute approximate surface area is 121 Å². The Morgan fingerprint density at radius 3 is 3.05 bits per heavy atom. The van der Waals surface area contributed by atoms with E-state index in [1.54, 1.807) is 23.3 Å². The highest BCUT2D eigenvalue weighted by Gasteiger charge is 2.24. The van der Waals surface area contributed by atoms with Crippen LogP contribution in [0, 0.1) is 5.92 Å². The van der Waals surface area contributed by atoms with Gasteiger partial charge in [0.2, 0.25) is 17.2 Å². The molecule has 0 radical (unpaired) electrons. The van der Waals surface area contributed by atoms with Crippen molar-refractivity contribution >= 4 is 17.5 Å². The van der Waals surface area contributed by atoms with Gasteiger partial charge < -0.3 is 10.1 Å². The fourth-order valence-corrected chi connectivity index (χ4v) is 2.33. The average Bonchev–Trinajstić information content (AvgIpc) is 3.07. The maximum absolute atomic E-state index is 5.93. The Morgan fingerprint density at radius 1 is 1.45 bits per heavy atom. The van der Waals surface area contributed by atoms with Gasteiger partial charge in [0.25, 0.3) is 0 Å². The lowest BCUT2D eigenvalue weighted by Gasteiger charge is -2.14. The molecule has 1 N–H and O–H groups in total. The summed E-state index contributed by atoms with van der Waals surface area (Å²) in [4.78, 5) is 16.4. The molecule has 7 nitrogen and oxygen atoms in total. The Hall–Kier alpha value is -1.73. The number of rotatable bonds is 4. The lowest BCUT2D eigenvalue weighted by atomic mass is 10.0. The Kier molecular flexibility index (Phi) is 3.79. The first-order valence-corrected chi connectivity index (χ1v) is 6.85. The van der Waals surface area contributed by atoms with Crippen LogP contribution in [0.3, 0.4) is 0 Å². The molecule has 1 aliphatic rings. The summed E-state index contributed by atoms with van der Waals surface area (Å²) in [6.07, 6.45) is 6.32. The standard InChI is InChI=1S/C12H15ClN6O/c1-8-9(2-5-20-8)6-15-11-16-10(13)17-12(18-11)19-4-3-14-7-19/h3-4,7-9H,2,5-6H2,1H3,(H,15,16,17,18). The molecule has 1 saturated heterocycles. The SMILES string of the molecule is CC1OCCC1CNc1nc(Cl)nc(-n2ccnc2)n1. The van der Waals surface area contributed by atoms with E-state index in [0.717, 1.165) is 19.6 Å². The highest BCUT2D eigenvalue weighted by atomic mass is 35.5. The molecule has 1 aliphatic heterocycles. The average molecular weight is 295 g/mol. The minimum absolute atomic E-state index is 0.155. The summed E-state index contributed by atoms with van der Waals surface area (Å²) in [6.45, 7) is 3.65. The number of ether oxygens (including phenoxy) is 1. The first-order valence-electron chi connectivity index (χ1n) is 6.48. The largest absolute Gasteiger partial charge is 0.378 e. The van der Waals surface area contributed by atoms with Crippen LogP contribution < -0.4 is 5.32 Å². The van der Waals surface area contributed by atoms with E-state index in [0.29, 0.717) is 17.8 Å². The molecule has 0 saturated carbocycles. The normalized spacial score (nSPS) is 22.1. The van der Waals surface area contributed by atoms with Gasteiger partial charge in [-0.05, 0) is 24.9 Å². The van der Waals surface area contributed by atoms with Crippen molar-refractivity contribution in [3.63, 3.8) is 0 Å². The van der Waals surface area contributed by atoms with Gasteiger partial charge in [0.15, 0.2) is 0 Å². The van der Waals surface area contributed by atoms with Gasteiger partial charge in [0.1, 0.15) is 6.33 Å². The van der Waals surface area contributed by atoms with E-state index in [1.165, 1.54) is 0 Å². The Morgan fingerprint density at radius 2 is 2.35 bits per heavy atom. The van der Waals surface area contributed by atoms with E-state index in [-0.39, 0.29) is 11.4 Å². The molecular formula is C12H15ClN6O. The lowest BCUT2D eigenvalue weighted by molar-refractivity contribution is 0.108. The number of anilines is 1. The molecule has 2 aromatic heterocycles. The second kappa shape index (κ2) is 5.72. The van der Waals surface area contributed by atoms with Crippen molar-refractivity contribution < 1.29 is 4.74 Å². The molecule has 106 valence electrons. The van der Waals surface area contributed by atoms with E-state index in [9.17, 15) is 0 Å². The number of hydrogen-bond acceptors (Lipinski definition) is 6. The molecule has 3 rings (SSSR count). The third-order valence-corrected chi connectivity index (χ3v) is 3.56. The van der Waals surface area contributed by atoms with E-state index in [4.69, 9.17) is 16.3 Å². The fraction of sp³-hybridized carbons (Fsp3) is 0.500. The molecule has 8 heteroatoms. The van der Waals surface area contributed by atoms with Gasteiger partial charge in [-0.3, -0.25) is 4.57 Å². The number of halogens is 1. The maximum atomic E-state index is 5.93. The van der Waals surface area contributed by atoms with Crippen molar-refractivity contribution in [3.05, 3.63) is 24.0 Å². The smallest absolute Gasteiger partial charge is 0.241 e. The topological polar surface area (TPSA) is 77.8 Å². The molecule has 20 heavy (non-hydrogen) atoms. The number of imidazole rings is 1. The quantitative estimate of drug-likeness (QED) is 0.922. The molecule has 0 amide bonds. The van der Waals surface area contributed by atoms with Gasteiger partial charge >= 0.3 is 0 Å². The van der Waals surface area contributed by atoms with Crippen LogP contribution in [-0.2, 0) is 4.74 Å². The van der Waals surface area contributed by atoms with Crippen LogP contribution in [0.4, 0.5) is 5.95 Å². The monoisotopic (exact) mass is 294 g/mol. The minimum atomic E-state index is 0.155. The molecule has 2 atom stereocenters.